The lowest BCUT2D eigenvalue weighted by Crippen LogP contribution is -2.50. The molecule has 3 heterocycles. The van der Waals surface area contributed by atoms with Gasteiger partial charge in [0.1, 0.15) is 5.82 Å². The monoisotopic (exact) mass is 471 g/mol. The standard InChI is InChI=1S/C24H27ClFN5O2/c1-14(2)21-12-18(19-13-27-31(15(3)4)22(19)28-21)24(33)30-9-7-29(8-10-30)23(32)17-6-5-16(26)11-20(17)25/h5-6,11-15H,7-10H2,1-4H3. The van der Waals surface area contributed by atoms with Gasteiger partial charge in [-0.3, -0.25) is 9.59 Å². The number of piperazine rings is 1. The number of nitrogens with zero attached hydrogens (tertiary/aromatic N) is 5. The fourth-order valence-corrected chi connectivity index (χ4v) is 4.25. The van der Waals surface area contributed by atoms with E-state index in [1.165, 1.54) is 12.1 Å². The van der Waals surface area contributed by atoms with E-state index in [1.54, 1.807) is 16.0 Å². The van der Waals surface area contributed by atoms with Gasteiger partial charge in [-0.25, -0.2) is 14.1 Å². The number of benzene rings is 1. The third-order valence-corrected chi connectivity index (χ3v) is 6.23. The van der Waals surface area contributed by atoms with Crippen molar-refractivity contribution >= 4 is 34.4 Å². The first-order valence-corrected chi connectivity index (χ1v) is 11.5. The fourth-order valence-electron chi connectivity index (χ4n) is 4.00. The maximum Gasteiger partial charge on any atom is 0.255 e. The topological polar surface area (TPSA) is 71.3 Å². The molecule has 3 aromatic rings. The van der Waals surface area contributed by atoms with Gasteiger partial charge in [0.05, 0.1) is 27.7 Å². The van der Waals surface area contributed by atoms with Gasteiger partial charge in [0.2, 0.25) is 0 Å². The van der Waals surface area contributed by atoms with Gasteiger partial charge in [-0.15, -0.1) is 0 Å². The highest BCUT2D eigenvalue weighted by atomic mass is 35.5. The first-order chi connectivity index (χ1) is 15.7. The predicted octanol–water partition coefficient (Wildman–Crippen LogP) is 4.53. The molecule has 0 bridgehead atoms. The summed E-state index contributed by atoms with van der Waals surface area (Å²) in [6.07, 6.45) is 1.70. The van der Waals surface area contributed by atoms with Gasteiger partial charge in [-0.05, 0) is 44.0 Å². The number of carbonyl (C=O) groups is 2. The number of hydrogen-bond donors (Lipinski definition) is 0. The first-order valence-electron chi connectivity index (χ1n) is 11.1. The lowest BCUT2D eigenvalue weighted by Gasteiger charge is -2.35. The van der Waals surface area contributed by atoms with Gasteiger partial charge in [-0.2, -0.15) is 5.10 Å². The summed E-state index contributed by atoms with van der Waals surface area (Å²) in [4.78, 5) is 34.5. The molecule has 9 heteroatoms. The minimum absolute atomic E-state index is 0.0843. The first kappa shape index (κ1) is 23.2. The van der Waals surface area contributed by atoms with E-state index < -0.39 is 5.82 Å². The quantitative estimate of drug-likeness (QED) is 0.560. The highest BCUT2D eigenvalue weighted by molar-refractivity contribution is 6.33. The van der Waals surface area contributed by atoms with Crippen molar-refractivity contribution in [1.82, 2.24) is 24.6 Å². The molecule has 0 N–H and O–H groups in total. The third kappa shape index (κ3) is 4.44. The Labute approximate surface area is 197 Å². The summed E-state index contributed by atoms with van der Waals surface area (Å²) in [7, 11) is 0. The normalized spacial score (nSPS) is 14.5. The van der Waals surface area contributed by atoms with Crippen molar-refractivity contribution in [2.45, 2.75) is 39.7 Å². The average molecular weight is 472 g/mol. The Kier molecular flexibility index (Phi) is 6.38. The zero-order valence-electron chi connectivity index (χ0n) is 19.2. The Bertz CT molecular complexity index is 1220. The molecule has 1 fully saturated rings. The summed E-state index contributed by atoms with van der Waals surface area (Å²) in [6, 6.07) is 5.72. The van der Waals surface area contributed by atoms with Crippen LogP contribution in [-0.4, -0.2) is 62.6 Å². The number of halogens is 2. The van der Waals surface area contributed by atoms with Crippen LogP contribution in [0.3, 0.4) is 0 Å². The lowest BCUT2D eigenvalue weighted by molar-refractivity contribution is 0.0536. The van der Waals surface area contributed by atoms with E-state index in [-0.39, 0.29) is 34.4 Å². The molecule has 7 nitrogen and oxygen atoms in total. The van der Waals surface area contributed by atoms with E-state index in [1.807, 2.05) is 38.4 Å². The Morgan fingerprint density at radius 2 is 1.58 bits per heavy atom. The van der Waals surface area contributed by atoms with Crippen LogP contribution in [0, 0.1) is 5.82 Å². The van der Waals surface area contributed by atoms with Crippen LogP contribution in [-0.2, 0) is 0 Å². The van der Waals surface area contributed by atoms with Gasteiger partial charge in [-0.1, -0.05) is 25.4 Å². The van der Waals surface area contributed by atoms with Crippen molar-refractivity contribution in [3.8, 4) is 0 Å². The Hall–Kier alpha value is -3.00. The van der Waals surface area contributed by atoms with E-state index in [4.69, 9.17) is 16.6 Å². The number of rotatable bonds is 4. The molecule has 0 aliphatic carbocycles. The number of pyridine rings is 1. The molecule has 0 spiro atoms. The van der Waals surface area contributed by atoms with Crippen molar-refractivity contribution in [2.75, 3.05) is 26.2 Å². The van der Waals surface area contributed by atoms with Gasteiger partial charge in [0, 0.05) is 37.9 Å². The smallest absolute Gasteiger partial charge is 0.255 e. The summed E-state index contributed by atoms with van der Waals surface area (Å²) >= 11 is 6.06. The predicted molar refractivity (Wildman–Crippen MR) is 125 cm³/mol. The Balaban J connectivity index is 1.56. The maximum absolute atomic E-state index is 13.5. The van der Waals surface area contributed by atoms with E-state index in [0.29, 0.717) is 37.4 Å². The number of amides is 2. The third-order valence-electron chi connectivity index (χ3n) is 5.91. The van der Waals surface area contributed by atoms with Gasteiger partial charge >= 0.3 is 0 Å². The van der Waals surface area contributed by atoms with Gasteiger partial charge < -0.3 is 9.80 Å². The van der Waals surface area contributed by atoms with Crippen molar-refractivity contribution in [3.05, 3.63) is 58.1 Å². The van der Waals surface area contributed by atoms with Crippen molar-refractivity contribution in [3.63, 3.8) is 0 Å². The number of fused-ring (bicyclic) bond motifs is 1. The second-order valence-electron chi connectivity index (χ2n) is 8.88. The van der Waals surface area contributed by atoms with Crippen LogP contribution in [0.5, 0.6) is 0 Å². The molecule has 174 valence electrons. The molecule has 0 saturated carbocycles. The highest BCUT2D eigenvalue weighted by Crippen LogP contribution is 2.26. The van der Waals surface area contributed by atoms with Gasteiger partial charge in [0.15, 0.2) is 5.65 Å². The van der Waals surface area contributed by atoms with Crippen molar-refractivity contribution < 1.29 is 14.0 Å². The number of hydrogen-bond acceptors (Lipinski definition) is 4. The number of aromatic nitrogens is 3. The van der Waals surface area contributed by atoms with Crippen molar-refractivity contribution in [2.24, 2.45) is 0 Å². The SMILES string of the molecule is CC(C)c1cc(C(=O)N2CCN(C(=O)c3ccc(F)cc3Cl)CC2)c2cnn(C(C)C)c2n1. The summed E-state index contributed by atoms with van der Waals surface area (Å²) in [5.74, 6) is -0.693. The second-order valence-corrected chi connectivity index (χ2v) is 9.29. The summed E-state index contributed by atoms with van der Waals surface area (Å²) in [5, 5.41) is 5.27. The molecule has 33 heavy (non-hydrogen) atoms. The van der Waals surface area contributed by atoms with E-state index >= 15 is 0 Å². The zero-order chi connectivity index (χ0) is 23.9. The molecule has 2 aromatic heterocycles. The molecule has 1 saturated heterocycles. The van der Waals surface area contributed by atoms with Gasteiger partial charge in [0.25, 0.3) is 11.8 Å². The van der Waals surface area contributed by atoms with Crippen LogP contribution in [0.15, 0.2) is 30.5 Å². The average Bonchev–Trinajstić information content (AvgIpc) is 3.22. The number of carbonyl (C=O) groups excluding carboxylic acids is 2. The van der Waals surface area contributed by atoms with Crippen molar-refractivity contribution in [1.29, 1.82) is 0 Å². The largest absolute Gasteiger partial charge is 0.335 e. The molecule has 0 unspecified atom stereocenters. The van der Waals surface area contributed by atoms with Crippen LogP contribution in [0.1, 0.15) is 66.1 Å². The maximum atomic E-state index is 13.5. The van der Waals surface area contributed by atoms with Crippen LogP contribution in [0.25, 0.3) is 11.0 Å². The molecule has 2 amide bonds. The summed E-state index contributed by atoms with van der Waals surface area (Å²) in [5.41, 5.74) is 2.39. The molecular weight excluding hydrogens is 445 g/mol. The molecule has 4 rings (SSSR count). The summed E-state index contributed by atoms with van der Waals surface area (Å²) < 4.78 is 15.2. The molecule has 0 atom stereocenters. The molecule has 1 aromatic carbocycles. The van der Waals surface area contributed by atoms with Crippen LogP contribution in [0.4, 0.5) is 4.39 Å². The van der Waals surface area contributed by atoms with E-state index in [0.717, 1.165) is 17.1 Å². The van der Waals surface area contributed by atoms with Crippen LogP contribution >= 0.6 is 11.6 Å². The molecule has 1 aliphatic heterocycles. The van der Waals surface area contributed by atoms with E-state index in [9.17, 15) is 14.0 Å². The minimum Gasteiger partial charge on any atom is -0.335 e. The zero-order valence-corrected chi connectivity index (χ0v) is 19.9. The summed E-state index contributed by atoms with van der Waals surface area (Å²) in [6.45, 7) is 9.67. The molecule has 0 radical (unpaired) electrons. The lowest BCUT2D eigenvalue weighted by atomic mass is 10.0. The van der Waals surface area contributed by atoms with Crippen LogP contribution in [0.2, 0.25) is 5.02 Å². The Morgan fingerprint density at radius 1 is 0.970 bits per heavy atom. The highest BCUT2D eigenvalue weighted by Gasteiger charge is 2.28. The van der Waals surface area contributed by atoms with Crippen LogP contribution < -0.4 is 0 Å². The minimum atomic E-state index is -0.489. The second kappa shape index (κ2) is 9.09. The molecular formula is C24H27ClFN5O2. The Morgan fingerprint density at radius 3 is 2.12 bits per heavy atom. The molecule has 1 aliphatic rings. The van der Waals surface area contributed by atoms with E-state index in [2.05, 4.69) is 5.10 Å². The fraction of sp³-hybridized carbons (Fsp3) is 0.417.